The molecule has 5 nitrogen and oxygen atoms in total. The van der Waals surface area contributed by atoms with Gasteiger partial charge in [0, 0.05) is 23.9 Å². The van der Waals surface area contributed by atoms with Crippen molar-refractivity contribution in [3.8, 4) is 0 Å². The summed E-state index contributed by atoms with van der Waals surface area (Å²) >= 11 is 1.47. The molecular weight excluding hydrogens is 346 g/mol. The first-order chi connectivity index (χ1) is 12.4. The summed E-state index contributed by atoms with van der Waals surface area (Å²) in [5, 5.41) is 0.973. The number of aryl methyl sites for hydroxylation is 1. The normalized spacial score (nSPS) is 20.2. The number of pyridine rings is 1. The lowest BCUT2D eigenvalue weighted by molar-refractivity contribution is -0.0573. The zero-order chi connectivity index (χ0) is 18.5. The number of rotatable bonds is 4. The van der Waals surface area contributed by atoms with Crippen molar-refractivity contribution < 1.29 is 4.74 Å². The van der Waals surface area contributed by atoms with Crippen LogP contribution in [0.3, 0.4) is 0 Å². The van der Waals surface area contributed by atoms with Gasteiger partial charge in [-0.1, -0.05) is 20.8 Å². The number of ether oxygens (including phenoxy) is 1. The van der Waals surface area contributed by atoms with Crippen LogP contribution in [-0.4, -0.2) is 20.1 Å². The third kappa shape index (κ3) is 2.95. The Hall–Kier alpha value is -1.79. The second-order valence-corrected chi connectivity index (χ2v) is 8.92. The van der Waals surface area contributed by atoms with E-state index in [1.54, 1.807) is 10.9 Å². The number of fused-ring (bicyclic) bond motifs is 4. The molecule has 3 aromatic heterocycles. The van der Waals surface area contributed by atoms with E-state index in [1.165, 1.54) is 11.3 Å². The van der Waals surface area contributed by atoms with Crippen molar-refractivity contribution in [1.82, 2.24) is 14.5 Å². The highest BCUT2D eigenvalue weighted by Gasteiger charge is 2.30. The van der Waals surface area contributed by atoms with E-state index in [0.717, 1.165) is 46.3 Å². The molecule has 4 heterocycles. The Balaban J connectivity index is 1.82. The van der Waals surface area contributed by atoms with Crippen molar-refractivity contribution in [3.05, 3.63) is 34.0 Å². The molecule has 1 atom stereocenters. The maximum Gasteiger partial charge on any atom is 0.271 e. The van der Waals surface area contributed by atoms with Crippen LogP contribution in [0.4, 0.5) is 0 Å². The maximum absolute atomic E-state index is 12.9. The summed E-state index contributed by atoms with van der Waals surface area (Å²) in [5.74, 6) is 0.557. The van der Waals surface area contributed by atoms with Crippen LogP contribution in [0, 0.1) is 5.92 Å². The molecule has 4 rings (SSSR count). The molecular formula is C20H25N3O2S. The van der Waals surface area contributed by atoms with Crippen LogP contribution < -0.4 is 5.56 Å². The molecule has 0 amide bonds. The van der Waals surface area contributed by atoms with Gasteiger partial charge in [0.05, 0.1) is 29.7 Å². The van der Waals surface area contributed by atoms with Crippen LogP contribution in [0.2, 0.25) is 0 Å². The lowest BCUT2D eigenvalue weighted by atomic mass is 9.91. The summed E-state index contributed by atoms with van der Waals surface area (Å²) < 4.78 is 8.49. The summed E-state index contributed by atoms with van der Waals surface area (Å²) in [6.07, 6.45) is 4.43. The van der Waals surface area contributed by atoms with E-state index in [4.69, 9.17) is 9.72 Å². The molecule has 26 heavy (non-hydrogen) atoms. The zero-order valence-electron chi connectivity index (χ0n) is 15.8. The second-order valence-electron chi connectivity index (χ2n) is 7.92. The van der Waals surface area contributed by atoms with Crippen LogP contribution in [0.1, 0.15) is 51.8 Å². The van der Waals surface area contributed by atoms with Gasteiger partial charge >= 0.3 is 0 Å². The molecule has 0 aromatic carbocycles. The lowest BCUT2D eigenvalue weighted by Crippen LogP contribution is -2.35. The van der Waals surface area contributed by atoms with Crippen LogP contribution in [-0.2, 0) is 24.3 Å². The second kappa shape index (κ2) is 6.43. The largest absolute Gasteiger partial charge is 0.370 e. The van der Waals surface area contributed by atoms with Gasteiger partial charge in [0.25, 0.3) is 5.56 Å². The van der Waals surface area contributed by atoms with Gasteiger partial charge in [0.15, 0.2) is 0 Å². The first-order valence-electron chi connectivity index (χ1n) is 9.34. The number of aromatic nitrogens is 3. The minimum absolute atomic E-state index is 0.0475. The molecule has 0 bridgehead atoms. The molecule has 0 aliphatic carbocycles. The van der Waals surface area contributed by atoms with E-state index in [0.29, 0.717) is 23.8 Å². The minimum Gasteiger partial charge on any atom is -0.370 e. The average Bonchev–Trinajstić information content (AvgIpc) is 2.97. The Labute approximate surface area is 157 Å². The standard InChI is InChI=1S/C20H25N3O2S/c1-5-20(4)9-15-13(10-25-20)8-14-16-17(26-18(14)22-15)19(24)23(11-21-16)7-6-12(2)3/h8,11-12H,5-7,9-10H2,1-4H3. The van der Waals surface area contributed by atoms with Crippen LogP contribution >= 0.6 is 11.3 Å². The van der Waals surface area contributed by atoms with Gasteiger partial charge in [-0.05, 0) is 31.7 Å². The molecule has 3 aromatic rings. The fourth-order valence-corrected chi connectivity index (χ4v) is 4.47. The van der Waals surface area contributed by atoms with Gasteiger partial charge in [0.2, 0.25) is 0 Å². The highest BCUT2D eigenvalue weighted by molar-refractivity contribution is 7.25. The van der Waals surface area contributed by atoms with Gasteiger partial charge < -0.3 is 4.74 Å². The van der Waals surface area contributed by atoms with Crippen molar-refractivity contribution in [2.75, 3.05) is 0 Å². The Morgan fingerprint density at radius 2 is 2.23 bits per heavy atom. The van der Waals surface area contributed by atoms with Crippen LogP contribution in [0.25, 0.3) is 20.4 Å². The number of hydrogen-bond donors (Lipinski definition) is 0. The molecule has 0 spiro atoms. The first-order valence-corrected chi connectivity index (χ1v) is 10.2. The van der Waals surface area contributed by atoms with Gasteiger partial charge in [-0.3, -0.25) is 9.36 Å². The highest BCUT2D eigenvalue weighted by Crippen LogP contribution is 2.35. The number of hydrogen-bond acceptors (Lipinski definition) is 5. The summed E-state index contributed by atoms with van der Waals surface area (Å²) in [4.78, 5) is 23.3. The van der Waals surface area contributed by atoms with E-state index >= 15 is 0 Å². The molecule has 1 aliphatic rings. The maximum atomic E-state index is 12.9. The van der Waals surface area contributed by atoms with Crippen molar-refractivity contribution >= 4 is 31.8 Å². The van der Waals surface area contributed by atoms with Crippen LogP contribution in [0.15, 0.2) is 17.2 Å². The van der Waals surface area contributed by atoms with E-state index in [9.17, 15) is 4.79 Å². The SMILES string of the molecule is CCC1(C)Cc2nc3sc4c(=O)n(CCC(C)C)cnc4c3cc2CO1. The summed E-state index contributed by atoms with van der Waals surface area (Å²) in [7, 11) is 0. The Kier molecular flexibility index (Phi) is 4.35. The topological polar surface area (TPSA) is 57.0 Å². The van der Waals surface area contributed by atoms with Crippen molar-refractivity contribution in [1.29, 1.82) is 0 Å². The third-order valence-electron chi connectivity index (χ3n) is 5.42. The predicted octanol–water partition coefficient (Wildman–Crippen LogP) is 4.29. The zero-order valence-corrected chi connectivity index (χ0v) is 16.7. The van der Waals surface area contributed by atoms with Crippen LogP contribution in [0.5, 0.6) is 0 Å². The Morgan fingerprint density at radius 1 is 1.42 bits per heavy atom. The molecule has 138 valence electrons. The molecule has 0 radical (unpaired) electrons. The first kappa shape index (κ1) is 17.6. The number of thiophene rings is 1. The van der Waals surface area contributed by atoms with Crippen molar-refractivity contribution in [3.63, 3.8) is 0 Å². The van der Waals surface area contributed by atoms with Crippen molar-refractivity contribution in [2.45, 2.75) is 65.7 Å². The minimum atomic E-state index is -0.147. The molecule has 1 unspecified atom stereocenters. The molecule has 6 heteroatoms. The quantitative estimate of drug-likeness (QED) is 0.686. The van der Waals surface area contributed by atoms with E-state index < -0.39 is 0 Å². The Morgan fingerprint density at radius 3 is 2.96 bits per heavy atom. The van der Waals surface area contributed by atoms with Crippen molar-refractivity contribution in [2.24, 2.45) is 5.92 Å². The van der Waals surface area contributed by atoms with Gasteiger partial charge in [0.1, 0.15) is 9.53 Å². The van der Waals surface area contributed by atoms with E-state index in [2.05, 4.69) is 38.7 Å². The Bertz CT molecular complexity index is 1040. The highest BCUT2D eigenvalue weighted by atomic mass is 32.1. The number of nitrogens with zero attached hydrogens (tertiary/aromatic N) is 3. The summed E-state index contributed by atoms with van der Waals surface area (Å²) in [6.45, 7) is 9.90. The fourth-order valence-electron chi connectivity index (χ4n) is 3.39. The van der Waals surface area contributed by atoms with Gasteiger partial charge in [-0.25, -0.2) is 9.97 Å². The molecule has 0 fully saturated rings. The molecule has 0 saturated carbocycles. The van der Waals surface area contributed by atoms with Gasteiger partial charge in [-0.15, -0.1) is 11.3 Å². The van der Waals surface area contributed by atoms with E-state index in [1.807, 2.05) is 0 Å². The smallest absolute Gasteiger partial charge is 0.271 e. The third-order valence-corrected chi connectivity index (χ3v) is 6.50. The predicted molar refractivity (Wildman–Crippen MR) is 106 cm³/mol. The lowest BCUT2D eigenvalue weighted by Gasteiger charge is -2.33. The molecule has 0 N–H and O–H groups in total. The molecule has 0 saturated heterocycles. The summed E-state index contributed by atoms with van der Waals surface area (Å²) in [6, 6.07) is 2.12. The average molecular weight is 372 g/mol. The van der Waals surface area contributed by atoms with Gasteiger partial charge in [-0.2, -0.15) is 0 Å². The fraction of sp³-hybridized carbons (Fsp3) is 0.550. The van der Waals surface area contributed by atoms with E-state index in [-0.39, 0.29) is 11.2 Å². The molecule has 1 aliphatic heterocycles. The monoisotopic (exact) mass is 371 g/mol. The summed E-state index contributed by atoms with van der Waals surface area (Å²) in [5.41, 5.74) is 2.89.